The number of hydrogen-bond acceptors (Lipinski definition) is 4. The van der Waals surface area contributed by atoms with Crippen molar-refractivity contribution >= 4 is 5.97 Å². The SMILES string of the molecule is O=C(O)Cc1cc(-c2ccncc2)cnc1-c1ccncc1. The Morgan fingerprint density at radius 3 is 2.09 bits per heavy atom. The molecule has 0 aliphatic rings. The first-order valence-electron chi connectivity index (χ1n) is 6.75. The van der Waals surface area contributed by atoms with Gasteiger partial charge in [0.25, 0.3) is 0 Å². The van der Waals surface area contributed by atoms with Gasteiger partial charge in [-0.3, -0.25) is 19.7 Å². The van der Waals surface area contributed by atoms with Crippen molar-refractivity contribution < 1.29 is 9.90 Å². The average molecular weight is 291 g/mol. The zero-order valence-corrected chi connectivity index (χ0v) is 11.7. The molecule has 1 N–H and O–H groups in total. The van der Waals surface area contributed by atoms with E-state index in [4.69, 9.17) is 5.11 Å². The molecular formula is C17H13N3O2. The number of carboxylic acids is 1. The summed E-state index contributed by atoms with van der Waals surface area (Å²) in [6, 6.07) is 9.24. The predicted molar refractivity (Wildman–Crippen MR) is 82.0 cm³/mol. The lowest BCUT2D eigenvalue weighted by atomic mass is 10.00. The summed E-state index contributed by atoms with van der Waals surface area (Å²) in [4.78, 5) is 23.6. The van der Waals surface area contributed by atoms with Gasteiger partial charge >= 0.3 is 5.97 Å². The fourth-order valence-electron chi connectivity index (χ4n) is 2.28. The lowest BCUT2D eigenvalue weighted by Gasteiger charge is -2.10. The number of carboxylic acid groups (broad SMARTS) is 1. The minimum atomic E-state index is -0.885. The Bertz CT molecular complexity index is 790. The van der Waals surface area contributed by atoms with Gasteiger partial charge in [0.1, 0.15) is 0 Å². The third-order valence-electron chi connectivity index (χ3n) is 3.28. The van der Waals surface area contributed by atoms with Crippen molar-refractivity contribution in [2.45, 2.75) is 6.42 Å². The molecule has 0 saturated heterocycles. The van der Waals surface area contributed by atoms with Gasteiger partial charge in [-0.1, -0.05) is 0 Å². The molecule has 0 aliphatic heterocycles. The highest BCUT2D eigenvalue weighted by Crippen LogP contribution is 2.26. The van der Waals surface area contributed by atoms with Gasteiger partial charge in [0.15, 0.2) is 0 Å². The van der Waals surface area contributed by atoms with E-state index >= 15 is 0 Å². The monoisotopic (exact) mass is 291 g/mol. The second-order valence-electron chi connectivity index (χ2n) is 4.77. The van der Waals surface area contributed by atoms with Crippen LogP contribution in [0.15, 0.2) is 61.3 Å². The molecule has 0 amide bonds. The van der Waals surface area contributed by atoms with Crippen LogP contribution in [0.2, 0.25) is 0 Å². The minimum Gasteiger partial charge on any atom is -0.481 e. The van der Waals surface area contributed by atoms with Crippen LogP contribution in [0.25, 0.3) is 22.4 Å². The van der Waals surface area contributed by atoms with Crippen LogP contribution in [0, 0.1) is 0 Å². The van der Waals surface area contributed by atoms with Gasteiger partial charge in [-0.15, -0.1) is 0 Å². The largest absolute Gasteiger partial charge is 0.481 e. The molecule has 108 valence electrons. The van der Waals surface area contributed by atoms with Gasteiger partial charge in [-0.05, 0) is 41.5 Å². The maximum Gasteiger partial charge on any atom is 0.307 e. The van der Waals surface area contributed by atoms with Crippen molar-refractivity contribution in [1.82, 2.24) is 15.0 Å². The highest BCUT2D eigenvalue weighted by atomic mass is 16.4. The highest BCUT2D eigenvalue weighted by Gasteiger charge is 2.12. The van der Waals surface area contributed by atoms with Gasteiger partial charge in [-0.2, -0.15) is 0 Å². The van der Waals surface area contributed by atoms with Gasteiger partial charge in [0.2, 0.25) is 0 Å². The van der Waals surface area contributed by atoms with Crippen molar-refractivity contribution in [2.24, 2.45) is 0 Å². The summed E-state index contributed by atoms with van der Waals surface area (Å²) < 4.78 is 0. The number of nitrogens with zero attached hydrogens (tertiary/aromatic N) is 3. The van der Waals surface area contributed by atoms with Gasteiger partial charge in [0, 0.05) is 42.1 Å². The Hall–Kier alpha value is -3.08. The van der Waals surface area contributed by atoms with Crippen LogP contribution >= 0.6 is 0 Å². The van der Waals surface area contributed by atoms with Crippen molar-refractivity contribution in [3.8, 4) is 22.4 Å². The molecular weight excluding hydrogens is 278 g/mol. The first-order chi connectivity index (χ1) is 10.7. The van der Waals surface area contributed by atoms with E-state index in [1.54, 1.807) is 31.0 Å². The van der Waals surface area contributed by atoms with E-state index in [2.05, 4.69) is 15.0 Å². The number of carbonyl (C=O) groups is 1. The molecule has 0 fully saturated rings. The molecule has 0 unspecified atom stereocenters. The third-order valence-corrected chi connectivity index (χ3v) is 3.28. The summed E-state index contributed by atoms with van der Waals surface area (Å²) in [6.07, 6.45) is 8.39. The fourth-order valence-corrected chi connectivity index (χ4v) is 2.28. The van der Waals surface area contributed by atoms with Gasteiger partial charge < -0.3 is 5.11 Å². The van der Waals surface area contributed by atoms with Gasteiger partial charge in [-0.25, -0.2) is 0 Å². The summed E-state index contributed by atoms with van der Waals surface area (Å²) in [5.74, 6) is -0.885. The molecule has 22 heavy (non-hydrogen) atoms. The molecule has 5 heteroatoms. The van der Waals surface area contributed by atoms with Crippen molar-refractivity contribution in [1.29, 1.82) is 0 Å². The second-order valence-corrected chi connectivity index (χ2v) is 4.77. The summed E-state index contributed by atoms with van der Waals surface area (Å²) in [7, 11) is 0. The summed E-state index contributed by atoms with van der Waals surface area (Å²) in [5.41, 5.74) is 4.02. The Balaban J connectivity index is 2.10. The van der Waals surface area contributed by atoms with E-state index in [0.29, 0.717) is 11.3 Å². The fraction of sp³-hybridized carbons (Fsp3) is 0.0588. The molecule has 3 rings (SSSR count). The summed E-state index contributed by atoms with van der Waals surface area (Å²) in [6.45, 7) is 0. The Morgan fingerprint density at radius 2 is 1.50 bits per heavy atom. The molecule has 0 radical (unpaired) electrons. The van der Waals surface area contributed by atoms with Crippen molar-refractivity contribution in [3.05, 3.63) is 66.9 Å². The van der Waals surface area contributed by atoms with E-state index in [1.807, 2.05) is 30.3 Å². The molecule has 0 bridgehead atoms. The Labute approximate surface area is 127 Å². The first kappa shape index (κ1) is 13.9. The number of rotatable bonds is 4. The highest BCUT2D eigenvalue weighted by molar-refractivity contribution is 5.77. The quantitative estimate of drug-likeness (QED) is 0.800. The lowest BCUT2D eigenvalue weighted by molar-refractivity contribution is -0.136. The van der Waals surface area contributed by atoms with E-state index < -0.39 is 5.97 Å². The lowest BCUT2D eigenvalue weighted by Crippen LogP contribution is -2.03. The van der Waals surface area contributed by atoms with Crippen LogP contribution in [0.1, 0.15) is 5.56 Å². The normalized spacial score (nSPS) is 10.4. The molecule has 0 spiro atoms. The third kappa shape index (κ3) is 2.98. The predicted octanol–water partition coefficient (Wildman–Crippen LogP) is 2.83. The Kier molecular flexibility index (Phi) is 3.87. The summed E-state index contributed by atoms with van der Waals surface area (Å²) >= 11 is 0. The molecule has 0 atom stereocenters. The van der Waals surface area contributed by atoms with Crippen LogP contribution in [-0.4, -0.2) is 26.0 Å². The topological polar surface area (TPSA) is 76.0 Å². The molecule has 0 aromatic carbocycles. The first-order valence-corrected chi connectivity index (χ1v) is 6.75. The van der Waals surface area contributed by atoms with Crippen LogP contribution < -0.4 is 0 Å². The number of pyridine rings is 3. The molecule has 0 saturated carbocycles. The van der Waals surface area contributed by atoms with Crippen LogP contribution in [-0.2, 0) is 11.2 Å². The zero-order chi connectivity index (χ0) is 15.4. The smallest absolute Gasteiger partial charge is 0.307 e. The molecule has 3 aromatic heterocycles. The maximum atomic E-state index is 11.1. The molecule has 5 nitrogen and oxygen atoms in total. The minimum absolute atomic E-state index is 0.0798. The second kappa shape index (κ2) is 6.13. The molecule has 3 aromatic rings. The number of aromatic nitrogens is 3. The van der Waals surface area contributed by atoms with E-state index in [9.17, 15) is 4.79 Å². The standard InChI is InChI=1S/C17H13N3O2/c21-16(22)10-14-9-15(12-1-5-18-6-2-12)11-20-17(14)13-3-7-19-8-4-13/h1-9,11H,10H2,(H,21,22). The van der Waals surface area contributed by atoms with Crippen LogP contribution in [0.4, 0.5) is 0 Å². The van der Waals surface area contributed by atoms with Crippen LogP contribution in [0.3, 0.4) is 0 Å². The van der Waals surface area contributed by atoms with Crippen molar-refractivity contribution in [2.75, 3.05) is 0 Å². The van der Waals surface area contributed by atoms with E-state index in [0.717, 1.165) is 16.7 Å². The summed E-state index contributed by atoms with van der Waals surface area (Å²) in [5, 5.41) is 9.15. The average Bonchev–Trinajstić information content (AvgIpc) is 2.56. The van der Waals surface area contributed by atoms with Gasteiger partial charge in [0.05, 0.1) is 12.1 Å². The maximum absolute atomic E-state index is 11.1. The van der Waals surface area contributed by atoms with E-state index in [1.165, 1.54) is 0 Å². The number of hydrogen-bond donors (Lipinski definition) is 1. The zero-order valence-electron chi connectivity index (χ0n) is 11.7. The van der Waals surface area contributed by atoms with E-state index in [-0.39, 0.29) is 6.42 Å². The Morgan fingerprint density at radius 1 is 0.909 bits per heavy atom. The van der Waals surface area contributed by atoms with Crippen LogP contribution in [0.5, 0.6) is 0 Å². The van der Waals surface area contributed by atoms with Crippen molar-refractivity contribution in [3.63, 3.8) is 0 Å². The number of aliphatic carboxylic acids is 1. The molecule has 3 heterocycles. The molecule has 0 aliphatic carbocycles.